The van der Waals surface area contributed by atoms with E-state index in [1.54, 1.807) is 0 Å². The highest BCUT2D eigenvalue weighted by Gasteiger charge is 2.10. The molecule has 14 heavy (non-hydrogen) atoms. The standard InChI is InChI=1S/C9H13N5/c1-4-14-6(3)12-7-5(2)11-9(10)13-8(7)14/h4H2,1-3H3,(H2,10,11,13). The number of aromatic nitrogens is 4. The van der Waals surface area contributed by atoms with Crippen LogP contribution >= 0.6 is 0 Å². The number of hydrogen-bond donors (Lipinski definition) is 1. The molecule has 0 bridgehead atoms. The molecule has 5 heteroatoms. The number of nitrogens with zero attached hydrogens (tertiary/aromatic N) is 4. The molecule has 0 amide bonds. The van der Waals surface area contributed by atoms with Gasteiger partial charge in [-0.25, -0.2) is 9.97 Å². The molecule has 0 spiro atoms. The van der Waals surface area contributed by atoms with Crippen molar-refractivity contribution in [2.75, 3.05) is 5.73 Å². The molecular weight excluding hydrogens is 178 g/mol. The van der Waals surface area contributed by atoms with Crippen molar-refractivity contribution in [3.63, 3.8) is 0 Å². The fourth-order valence-electron chi connectivity index (χ4n) is 1.65. The molecule has 2 heterocycles. The third kappa shape index (κ3) is 1.13. The highest BCUT2D eigenvalue weighted by Crippen LogP contribution is 2.16. The minimum absolute atomic E-state index is 0.310. The zero-order chi connectivity index (χ0) is 10.3. The van der Waals surface area contributed by atoms with Gasteiger partial charge < -0.3 is 10.3 Å². The van der Waals surface area contributed by atoms with Crippen LogP contribution in [0.2, 0.25) is 0 Å². The van der Waals surface area contributed by atoms with E-state index in [4.69, 9.17) is 5.73 Å². The van der Waals surface area contributed by atoms with Gasteiger partial charge in [0.25, 0.3) is 0 Å². The van der Waals surface area contributed by atoms with Crippen LogP contribution < -0.4 is 5.73 Å². The van der Waals surface area contributed by atoms with Gasteiger partial charge in [0.1, 0.15) is 11.3 Å². The van der Waals surface area contributed by atoms with E-state index in [-0.39, 0.29) is 0 Å². The molecule has 2 rings (SSSR count). The van der Waals surface area contributed by atoms with Crippen molar-refractivity contribution in [1.82, 2.24) is 19.5 Å². The van der Waals surface area contributed by atoms with E-state index >= 15 is 0 Å². The first-order valence-electron chi connectivity index (χ1n) is 4.60. The predicted molar refractivity (Wildman–Crippen MR) is 54.9 cm³/mol. The van der Waals surface area contributed by atoms with Gasteiger partial charge in [0.2, 0.25) is 5.95 Å². The molecule has 74 valence electrons. The maximum Gasteiger partial charge on any atom is 0.222 e. The summed E-state index contributed by atoms with van der Waals surface area (Å²) in [5.41, 5.74) is 8.10. The summed E-state index contributed by atoms with van der Waals surface area (Å²) >= 11 is 0. The molecule has 0 aliphatic rings. The number of fused-ring (bicyclic) bond motifs is 1. The second-order valence-electron chi connectivity index (χ2n) is 3.24. The van der Waals surface area contributed by atoms with Crippen molar-refractivity contribution >= 4 is 17.1 Å². The van der Waals surface area contributed by atoms with Gasteiger partial charge in [-0.15, -0.1) is 0 Å². The second kappa shape index (κ2) is 2.94. The van der Waals surface area contributed by atoms with Gasteiger partial charge in [-0.2, -0.15) is 4.98 Å². The first kappa shape index (κ1) is 8.93. The summed E-state index contributed by atoms with van der Waals surface area (Å²) in [6.45, 7) is 6.76. The maximum absolute atomic E-state index is 5.59. The molecule has 0 saturated carbocycles. The third-order valence-electron chi connectivity index (χ3n) is 2.29. The highest BCUT2D eigenvalue weighted by molar-refractivity contribution is 5.75. The SMILES string of the molecule is CCn1c(C)nc2c(C)nc(N)nc21. The fraction of sp³-hybridized carbons (Fsp3) is 0.444. The molecule has 2 N–H and O–H groups in total. The zero-order valence-electron chi connectivity index (χ0n) is 8.57. The Morgan fingerprint density at radius 3 is 2.57 bits per heavy atom. The van der Waals surface area contributed by atoms with Crippen LogP contribution in [-0.2, 0) is 6.54 Å². The number of aryl methyl sites for hydroxylation is 3. The lowest BCUT2D eigenvalue weighted by molar-refractivity contribution is 0.745. The van der Waals surface area contributed by atoms with E-state index in [9.17, 15) is 0 Å². The van der Waals surface area contributed by atoms with Crippen LogP contribution in [0.4, 0.5) is 5.95 Å². The normalized spacial score (nSPS) is 11.1. The van der Waals surface area contributed by atoms with Gasteiger partial charge >= 0.3 is 0 Å². The Hall–Kier alpha value is -1.65. The van der Waals surface area contributed by atoms with Gasteiger partial charge in [-0.3, -0.25) is 0 Å². The number of anilines is 1. The van der Waals surface area contributed by atoms with Crippen molar-refractivity contribution < 1.29 is 0 Å². The summed E-state index contributed by atoms with van der Waals surface area (Å²) < 4.78 is 2.03. The first-order chi connectivity index (χ1) is 6.63. The Balaban J connectivity index is 2.87. The Kier molecular flexibility index (Phi) is 1.87. The zero-order valence-corrected chi connectivity index (χ0v) is 8.57. The lowest BCUT2D eigenvalue weighted by atomic mass is 10.4. The van der Waals surface area contributed by atoms with Crippen LogP contribution in [-0.4, -0.2) is 19.5 Å². The Bertz CT molecular complexity index is 485. The minimum atomic E-state index is 0.310. The third-order valence-corrected chi connectivity index (χ3v) is 2.29. The molecule has 5 nitrogen and oxygen atoms in total. The first-order valence-corrected chi connectivity index (χ1v) is 4.60. The van der Waals surface area contributed by atoms with Crippen molar-refractivity contribution in [2.45, 2.75) is 27.3 Å². The quantitative estimate of drug-likeness (QED) is 0.731. The molecule has 0 saturated heterocycles. The molecule has 0 radical (unpaired) electrons. The van der Waals surface area contributed by atoms with E-state index < -0.39 is 0 Å². The molecule has 0 aliphatic heterocycles. The van der Waals surface area contributed by atoms with Gasteiger partial charge in [-0.1, -0.05) is 0 Å². The lowest BCUT2D eigenvalue weighted by Gasteiger charge is -2.01. The summed E-state index contributed by atoms with van der Waals surface area (Å²) in [4.78, 5) is 12.7. The number of nitrogens with two attached hydrogens (primary N) is 1. The molecular formula is C9H13N5. The van der Waals surface area contributed by atoms with Crippen LogP contribution in [0, 0.1) is 13.8 Å². The molecule has 2 aromatic heterocycles. The summed E-state index contributed by atoms with van der Waals surface area (Å²) in [6, 6.07) is 0. The average Bonchev–Trinajstić information content (AvgIpc) is 2.41. The van der Waals surface area contributed by atoms with Crippen LogP contribution in [0.3, 0.4) is 0 Å². The summed E-state index contributed by atoms with van der Waals surface area (Å²) in [5, 5.41) is 0. The summed E-state index contributed by atoms with van der Waals surface area (Å²) in [6.07, 6.45) is 0. The molecule has 0 atom stereocenters. The van der Waals surface area contributed by atoms with E-state index in [0.29, 0.717) is 5.95 Å². The van der Waals surface area contributed by atoms with Crippen LogP contribution in [0.15, 0.2) is 0 Å². The largest absolute Gasteiger partial charge is 0.368 e. The van der Waals surface area contributed by atoms with Crippen LogP contribution in [0.5, 0.6) is 0 Å². The molecule has 2 aromatic rings. The van der Waals surface area contributed by atoms with Crippen molar-refractivity contribution in [2.24, 2.45) is 0 Å². The van der Waals surface area contributed by atoms with E-state index in [1.165, 1.54) is 0 Å². The fourth-order valence-corrected chi connectivity index (χ4v) is 1.65. The molecule has 0 fully saturated rings. The van der Waals surface area contributed by atoms with Gasteiger partial charge in [-0.05, 0) is 20.8 Å². The monoisotopic (exact) mass is 191 g/mol. The maximum atomic E-state index is 5.59. The lowest BCUT2D eigenvalue weighted by Crippen LogP contribution is -2.02. The Morgan fingerprint density at radius 2 is 1.93 bits per heavy atom. The Morgan fingerprint density at radius 1 is 1.21 bits per heavy atom. The second-order valence-corrected chi connectivity index (χ2v) is 3.24. The number of imidazole rings is 1. The van der Waals surface area contributed by atoms with Crippen molar-refractivity contribution in [1.29, 1.82) is 0 Å². The predicted octanol–water partition coefficient (Wildman–Crippen LogP) is 1.05. The van der Waals surface area contributed by atoms with E-state index in [1.807, 2.05) is 18.4 Å². The molecule has 0 aromatic carbocycles. The van der Waals surface area contributed by atoms with Gasteiger partial charge in [0, 0.05) is 6.54 Å². The Labute approximate surface area is 82.0 Å². The summed E-state index contributed by atoms with van der Waals surface area (Å²) in [5.74, 6) is 1.26. The van der Waals surface area contributed by atoms with Crippen LogP contribution in [0.1, 0.15) is 18.4 Å². The minimum Gasteiger partial charge on any atom is -0.368 e. The number of nitrogen functional groups attached to an aromatic ring is 1. The van der Waals surface area contributed by atoms with Gasteiger partial charge in [0.05, 0.1) is 5.69 Å². The van der Waals surface area contributed by atoms with E-state index in [2.05, 4.69) is 21.9 Å². The molecule has 0 aliphatic carbocycles. The van der Waals surface area contributed by atoms with Gasteiger partial charge in [0.15, 0.2) is 5.65 Å². The van der Waals surface area contributed by atoms with Crippen LogP contribution in [0.25, 0.3) is 11.2 Å². The van der Waals surface area contributed by atoms with Crippen molar-refractivity contribution in [3.8, 4) is 0 Å². The smallest absolute Gasteiger partial charge is 0.222 e. The van der Waals surface area contributed by atoms with Crippen molar-refractivity contribution in [3.05, 3.63) is 11.5 Å². The number of hydrogen-bond acceptors (Lipinski definition) is 4. The highest BCUT2D eigenvalue weighted by atomic mass is 15.2. The average molecular weight is 191 g/mol. The molecule has 0 unspecified atom stereocenters. The number of rotatable bonds is 1. The summed E-state index contributed by atoms with van der Waals surface area (Å²) in [7, 11) is 0. The topological polar surface area (TPSA) is 69.6 Å². The van der Waals surface area contributed by atoms with E-state index in [0.717, 1.165) is 29.2 Å².